The van der Waals surface area contributed by atoms with E-state index in [1.807, 2.05) is 49.4 Å². The first kappa shape index (κ1) is 18.4. The molecule has 3 rings (SSSR count). The van der Waals surface area contributed by atoms with Crippen LogP contribution in [0.5, 0.6) is 5.75 Å². The van der Waals surface area contributed by atoms with Crippen LogP contribution in [0.4, 0.5) is 0 Å². The molecule has 1 fully saturated rings. The Balaban J connectivity index is 1.77. The second-order valence-electron chi connectivity index (χ2n) is 6.47. The molecule has 0 radical (unpaired) electrons. The minimum Gasteiger partial charge on any atom is -0.497 e. The van der Waals surface area contributed by atoms with Gasteiger partial charge in [0.15, 0.2) is 0 Å². The lowest BCUT2D eigenvalue weighted by Crippen LogP contribution is -2.43. The fraction of sp³-hybridized carbons (Fsp3) is 0.381. The van der Waals surface area contributed by atoms with Crippen LogP contribution in [-0.2, 0) is 4.74 Å². The molecule has 1 amide bonds. The van der Waals surface area contributed by atoms with Crippen LogP contribution in [0.3, 0.4) is 0 Å². The lowest BCUT2D eigenvalue weighted by Gasteiger charge is -2.35. The number of carbonyl (C=O) groups excluding carboxylic acids is 1. The summed E-state index contributed by atoms with van der Waals surface area (Å²) in [7, 11) is 1.67. The average molecular weight is 354 g/mol. The van der Waals surface area contributed by atoms with Crippen LogP contribution in [0.2, 0.25) is 0 Å². The number of hydrogen-bond donors (Lipinski definition) is 1. The second-order valence-corrected chi connectivity index (χ2v) is 6.47. The highest BCUT2D eigenvalue weighted by Crippen LogP contribution is 2.25. The summed E-state index contributed by atoms with van der Waals surface area (Å²) in [6.45, 7) is 5.62. The number of amides is 1. The Morgan fingerprint density at radius 3 is 2.69 bits per heavy atom. The van der Waals surface area contributed by atoms with Gasteiger partial charge in [-0.15, -0.1) is 0 Å². The van der Waals surface area contributed by atoms with Crippen molar-refractivity contribution in [1.82, 2.24) is 10.2 Å². The van der Waals surface area contributed by atoms with Gasteiger partial charge in [-0.05, 0) is 36.2 Å². The van der Waals surface area contributed by atoms with Gasteiger partial charge in [-0.2, -0.15) is 0 Å². The van der Waals surface area contributed by atoms with Crippen molar-refractivity contribution in [2.45, 2.75) is 13.0 Å². The molecule has 26 heavy (non-hydrogen) atoms. The molecule has 0 bridgehead atoms. The van der Waals surface area contributed by atoms with Crippen molar-refractivity contribution >= 4 is 5.91 Å². The lowest BCUT2D eigenvalue weighted by molar-refractivity contribution is 0.0162. The van der Waals surface area contributed by atoms with Crippen molar-refractivity contribution in [1.29, 1.82) is 0 Å². The number of benzene rings is 2. The Morgan fingerprint density at radius 1 is 1.19 bits per heavy atom. The van der Waals surface area contributed by atoms with Gasteiger partial charge in [0.1, 0.15) is 5.75 Å². The Hall–Kier alpha value is -2.37. The Kier molecular flexibility index (Phi) is 6.26. The van der Waals surface area contributed by atoms with Crippen LogP contribution in [0.15, 0.2) is 48.5 Å². The third kappa shape index (κ3) is 4.42. The smallest absolute Gasteiger partial charge is 0.251 e. The van der Waals surface area contributed by atoms with Gasteiger partial charge in [0, 0.05) is 25.2 Å². The summed E-state index contributed by atoms with van der Waals surface area (Å²) < 4.78 is 10.9. The molecule has 5 heteroatoms. The molecule has 1 unspecified atom stereocenters. The monoisotopic (exact) mass is 354 g/mol. The van der Waals surface area contributed by atoms with Crippen molar-refractivity contribution in [3.8, 4) is 5.75 Å². The number of nitrogens with zero attached hydrogens (tertiary/aromatic N) is 1. The summed E-state index contributed by atoms with van der Waals surface area (Å²) in [5, 5.41) is 3.11. The summed E-state index contributed by atoms with van der Waals surface area (Å²) in [4.78, 5) is 15.0. The third-order valence-corrected chi connectivity index (χ3v) is 4.81. The van der Waals surface area contributed by atoms with Crippen molar-refractivity contribution in [2.24, 2.45) is 0 Å². The zero-order valence-corrected chi connectivity index (χ0v) is 15.4. The van der Waals surface area contributed by atoms with Crippen LogP contribution in [-0.4, -0.2) is 50.8 Å². The van der Waals surface area contributed by atoms with E-state index in [4.69, 9.17) is 9.47 Å². The maximum atomic E-state index is 12.6. The Bertz CT molecular complexity index is 742. The summed E-state index contributed by atoms with van der Waals surface area (Å²) in [5.74, 6) is 0.787. The van der Waals surface area contributed by atoms with Gasteiger partial charge in [-0.1, -0.05) is 30.3 Å². The van der Waals surface area contributed by atoms with Crippen LogP contribution in [0.25, 0.3) is 0 Å². The van der Waals surface area contributed by atoms with Gasteiger partial charge >= 0.3 is 0 Å². The van der Waals surface area contributed by atoms with E-state index in [0.29, 0.717) is 19.8 Å². The molecule has 2 aromatic carbocycles. The van der Waals surface area contributed by atoms with Gasteiger partial charge in [0.2, 0.25) is 0 Å². The molecule has 0 aromatic heterocycles. The molecule has 1 N–H and O–H groups in total. The molecule has 5 nitrogen and oxygen atoms in total. The minimum atomic E-state index is -0.0377. The first-order chi connectivity index (χ1) is 12.7. The normalized spacial score (nSPS) is 16.1. The number of methoxy groups -OCH3 is 1. The molecule has 1 saturated heterocycles. The van der Waals surface area contributed by atoms with Crippen LogP contribution >= 0.6 is 0 Å². The molecule has 1 aliphatic rings. The zero-order chi connectivity index (χ0) is 18.4. The lowest BCUT2D eigenvalue weighted by atomic mass is 10.0. The van der Waals surface area contributed by atoms with Gasteiger partial charge in [-0.3, -0.25) is 9.69 Å². The van der Waals surface area contributed by atoms with Crippen molar-refractivity contribution in [3.63, 3.8) is 0 Å². The number of carbonyl (C=O) groups is 1. The summed E-state index contributed by atoms with van der Waals surface area (Å²) >= 11 is 0. The molecule has 0 spiro atoms. The van der Waals surface area contributed by atoms with Gasteiger partial charge in [0.05, 0.1) is 26.4 Å². The summed E-state index contributed by atoms with van der Waals surface area (Å²) in [5.41, 5.74) is 2.84. The molecule has 0 aliphatic carbocycles. The number of aryl methyl sites for hydroxylation is 1. The molecule has 1 heterocycles. The van der Waals surface area contributed by atoms with Gasteiger partial charge in [0.25, 0.3) is 5.91 Å². The van der Waals surface area contributed by atoms with E-state index in [1.54, 1.807) is 7.11 Å². The number of rotatable bonds is 6. The molecule has 138 valence electrons. The highest BCUT2D eigenvalue weighted by Gasteiger charge is 2.24. The number of ether oxygens (including phenoxy) is 2. The number of nitrogens with one attached hydrogen (secondary N) is 1. The molecular formula is C21H26N2O3. The Labute approximate surface area is 154 Å². The second kappa shape index (κ2) is 8.83. The average Bonchev–Trinajstić information content (AvgIpc) is 2.69. The van der Waals surface area contributed by atoms with Crippen LogP contribution < -0.4 is 10.1 Å². The first-order valence-electron chi connectivity index (χ1n) is 8.98. The van der Waals surface area contributed by atoms with Crippen LogP contribution in [0, 0.1) is 6.92 Å². The third-order valence-electron chi connectivity index (χ3n) is 4.81. The molecule has 0 saturated carbocycles. The minimum absolute atomic E-state index is 0.0377. The van der Waals surface area contributed by atoms with E-state index in [1.165, 1.54) is 0 Å². The fourth-order valence-corrected chi connectivity index (χ4v) is 3.31. The molecule has 1 atom stereocenters. The SMILES string of the molecule is COc1cccc(C(CNC(=O)c2ccccc2C)N2CCOCC2)c1. The molecular weight excluding hydrogens is 328 g/mol. The highest BCUT2D eigenvalue weighted by molar-refractivity contribution is 5.95. The molecule has 2 aromatic rings. The van der Waals surface area contributed by atoms with Crippen LogP contribution in [0.1, 0.15) is 27.5 Å². The fourth-order valence-electron chi connectivity index (χ4n) is 3.31. The predicted octanol–water partition coefficient (Wildman–Crippen LogP) is 2.81. The van der Waals surface area contributed by atoms with Crippen molar-refractivity contribution in [2.75, 3.05) is 40.0 Å². The van der Waals surface area contributed by atoms with Gasteiger partial charge < -0.3 is 14.8 Å². The van der Waals surface area contributed by atoms with E-state index in [2.05, 4.69) is 16.3 Å². The predicted molar refractivity (Wildman–Crippen MR) is 102 cm³/mol. The first-order valence-corrected chi connectivity index (χ1v) is 8.98. The molecule has 1 aliphatic heterocycles. The topological polar surface area (TPSA) is 50.8 Å². The van der Waals surface area contributed by atoms with E-state index >= 15 is 0 Å². The quantitative estimate of drug-likeness (QED) is 0.867. The maximum absolute atomic E-state index is 12.6. The van der Waals surface area contributed by atoms with E-state index < -0.39 is 0 Å². The number of morpholine rings is 1. The van der Waals surface area contributed by atoms with E-state index in [0.717, 1.165) is 35.5 Å². The maximum Gasteiger partial charge on any atom is 0.251 e. The standard InChI is InChI=1S/C21H26N2O3/c1-16-6-3-4-9-19(16)21(24)22-15-20(23-10-12-26-13-11-23)17-7-5-8-18(14-17)25-2/h3-9,14,20H,10-13,15H2,1-2H3,(H,22,24). The zero-order valence-electron chi connectivity index (χ0n) is 15.4. The largest absolute Gasteiger partial charge is 0.497 e. The van der Waals surface area contributed by atoms with Gasteiger partial charge in [-0.25, -0.2) is 0 Å². The van der Waals surface area contributed by atoms with E-state index in [9.17, 15) is 4.79 Å². The highest BCUT2D eigenvalue weighted by atomic mass is 16.5. The van der Waals surface area contributed by atoms with Crippen molar-refractivity contribution in [3.05, 3.63) is 65.2 Å². The van der Waals surface area contributed by atoms with Crippen molar-refractivity contribution < 1.29 is 14.3 Å². The summed E-state index contributed by atoms with van der Waals surface area (Å²) in [6.07, 6.45) is 0. The summed E-state index contributed by atoms with van der Waals surface area (Å²) in [6, 6.07) is 15.8. The van der Waals surface area contributed by atoms with E-state index in [-0.39, 0.29) is 11.9 Å². The number of hydrogen-bond acceptors (Lipinski definition) is 4. The Morgan fingerprint density at radius 2 is 1.96 bits per heavy atom.